The van der Waals surface area contributed by atoms with E-state index in [1.165, 1.54) is 6.07 Å². The molecule has 17 heavy (non-hydrogen) atoms. The number of nitrogens with one attached hydrogen (secondary N) is 1. The van der Waals surface area contributed by atoms with Gasteiger partial charge < -0.3 is 5.32 Å². The molecule has 2 amide bonds. The van der Waals surface area contributed by atoms with Crippen LogP contribution in [0.2, 0.25) is 5.02 Å². The molecule has 0 aromatic heterocycles. The van der Waals surface area contributed by atoms with Crippen molar-refractivity contribution in [2.75, 3.05) is 12.4 Å². The van der Waals surface area contributed by atoms with E-state index in [9.17, 15) is 18.0 Å². The zero-order chi connectivity index (χ0) is 13.2. The maximum Gasteiger partial charge on any atom is 0.418 e. The zero-order valence-electron chi connectivity index (χ0n) is 8.55. The van der Waals surface area contributed by atoms with Crippen molar-refractivity contribution in [3.8, 4) is 0 Å². The highest BCUT2D eigenvalue weighted by atomic mass is 35.5. The molecule has 0 atom stereocenters. The van der Waals surface area contributed by atoms with Gasteiger partial charge in [0.25, 0.3) is 0 Å². The minimum Gasteiger partial charge on any atom is -0.305 e. The van der Waals surface area contributed by atoms with E-state index in [1.54, 1.807) is 0 Å². The van der Waals surface area contributed by atoms with E-state index < -0.39 is 23.5 Å². The summed E-state index contributed by atoms with van der Waals surface area (Å²) in [6.45, 7) is 0. The summed E-state index contributed by atoms with van der Waals surface area (Å²) < 4.78 is 37.8. The lowest BCUT2D eigenvalue weighted by molar-refractivity contribution is -0.136. The van der Waals surface area contributed by atoms with E-state index in [-0.39, 0.29) is 10.1 Å². The number of hydroxylamine groups is 2. The molecule has 1 rings (SSSR count). The molecule has 0 radical (unpaired) electrons. The van der Waals surface area contributed by atoms with Crippen molar-refractivity contribution in [1.82, 2.24) is 5.06 Å². The quantitative estimate of drug-likeness (QED) is 0.607. The second kappa shape index (κ2) is 4.80. The first-order chi connectivity index (χ1) is 7.71. The van der Waals surface area contributed by atoms with Crippen LogP contribution in [0.15, 0.2) is 18.2 Å². The van der Waals surface area contributed by atoms with Gasteiger partial charge in [-0.15, -0.1) is 0 Å². The van der Waals surface area contributed by atoms with E-state index in [2.05, 4.69) is 0 Å². The molecular weight excluding hydrogens is 261 g/mol. The van der Waals surface area contributed by atoms with Crippen molar-refractivity contribution in [3.05, 3.63) is 28.8 Å². The molecule has 4 nitrogen and oxygen atoms in total. The number of nitrogens with zero attached hydrogens (tertiary/aromatic N) is 1. The van der Waals surface area contributed by atoms with E-state index in [4.69, 9.17) is 16.8 Å². The van der Waals surface area contributed by atoms with Crippen molar-refractivity contribution in [1.29, 1.82) is 0 Å². The van der Waals surface area contributed by atoms with Crippen molar-refractivity contribution in [2.45, 2.75) is 6.18 Å². The number of carbonyl (C=O) groups is 1. The second-order valence-corrected chi connectivity index (χ2v) is 3.58. The zero-order valence-corrected chi connectivity index (χ0v) is 9.30. The van der Waals surface area contributed by atoms with Crippen LogP contribution in [0.5, 0.6) is 0 Å². The number of rotatable bonds is 1. The van der Waals surface area contributed by atoms with Crippen LogP contribution in [0.1, 0.15) is 5.56 Å². The summed E-state index contributed by atoms with van der Waals surface area (Å²) >= 11 is 5.45. The fourth-order valence-electron chi connectivity index (χ4n) is 1.06. The number of hydrogen-bond acceptors (Lipinski definition) is 2. The Morgan fingerprint density at radius 2 is 2.06 bits per heavy atom. The average Bonchev–Trinajstić information content (AvgIpc) is 2.18. The Hall–Kier alpha value is -1.47. The Labute approximate surface area is 99.5 Å². The van der Waals surface area contributed by atoms with Gasteiger partial charge in [-0.3, -0.25) is 5.21 Å². The predicted molar refractivity (Wildman–Crippen MR) is 55.0 cm³/mol. The molecule has 0 bridgehead atoms. The molecule has 0 spiro atoms. The number of hydrogen-bond donors (Lipinski definition) is 2. The van der Waals surface area contributed by atoms with Gasteiger partial charge in [0, 0.05) is 12.1 Å². The van der Waals surface area contributed by atoms with E-state index in [0.717, 1.165) is 13.1 Å². The number of halogens is 4. The molecular formula is C9H8ClF3N2O2. The highest BCUT2D eigenvalue weighted by molar-refractivity contribution is 6.30. The molecule has 94 valence electrons. The van der Waals surface area contributed by atoms with E-state index in [0.29, 0.717) is 6.07 Å². The average molecular weight is 269 g/mol. The fraction of sp³-hybridized carbons (Fsp3) is 0.222. The Morgan fingerprint density at radius 3 is 2.53 bits per heavy atom. The van der Waals surface area contributed by atoms with Crippen molar-refractivity contribution < 1.29 is 23.2 Å². The van der Waals surface area contributed by atoms with Gasteiger partial charge in [-0.05, 0) is 18.2 Å². The summed E-state index contributed by atoms with van der Waals surface area (Å²) in [4.78, 5) is 11.0. The van der Waals surface area contributed by atoms with E-state index in [1.807, 2.05) is 5.32 Å². The van der Waals surface area contributed by atoms with Crippen molar-refractivity contribution in [3.63, 3.8) is 0 Å². The summed E-state index contributed by atoms with van der Waals surface area (Å²) in [5.74, 6) is 0. The first-order valence-corrected chi connectivity index (χ1v) is 4.70. The van der Waals surface area contributed by atoms with Crippen LogP contribution in [0.4, 0.5) is 23.7 Å². The highest BCUT2D eigenvalue weighted by Gasteiger charge is 2.34. The number of amides is 2. The topological polar surface area (TPSA) is 52.6 Å². The Bertz CT molecular complexity index is 435. The molecule has 1 aromatic carbocycles. The normalized spacial score (nSPS) is 11.2. The van der Waals surface area contributed by atoms with Crippen LogP contribution >= 0.6 is 11.6 Å². The van der Waals surface area contributed by atoms with Crippen LogP contribution in [-0.2, 0) is 6.18 Å². The third-order valence-corrected chi connectivity index (χ3v) is 2.06. The van der Waals surface area contributed by atoms with Gasteiger partial charge in [0.1, 0.15) is 0 Å². The van der Waals surface area contributed by atoms with Gasteiger partial charge in [-0.1, -0.05) is 11.6 Å². The lowest BCUT2D eigenvalue weighted by Gasteiger charge is -2.15. The first kappa shape index (κ1) is 13.6. The molecule has 0 unspecified atom stereocenters. The van der Waals surface area contributed by atoms with Gasteiger partial charge in [-0.2, -0.15) is 13.2 Å². The van der Waals surface area contributed by atoms with Gasteiger partial charge in [-0.25, -0.2) is 9.86 Å². The SMILES string of the molecule is CN(O)C(=O)Nc1ccc(Cl)cc1C(F)(F)F. The molecule has 0 saturated heterocycles. The van der Waals surface area contributed by atoms with Crippen LogP contribution in [0, 0.1) is 0 Å². The van der Waals surface area contributed by atoms with Crippen molar-refractivity contribution >= 4 is 23.3 Å². The largest absolute Gasteiger partial charge is 0.418 e. The van der Waals surface area contributed by atoms with Gasteiger partial charge in [0.2, 0.25) is 0 Å². The van der Waals surface area contributed by atoms with Gasteiger partial charge in [0.15, 0.2) is 0 Å². The van der Waals surface area contributed by atoms with Gasteiger partial charge >= 0.3 is 12.2 Å². The number of anilines is 1. The smallest absolute Gasteiger partial charge is 0.305 e. The monoisotopic (exact) mass is 268 g/mol. The van der Waals surface area contributed by atoms with Crippen LogP contribution in [0.3, 0.4) is 0 Å². The Balaban J connectivity index is 3.12. The van der Waals surface area contributed by atoms with Crippen LogP contribution < -0.4 is 5.32 Å². The number of urea groups is 1. The summed E-state index contributed by atoms with van der Waals surface area (Å²) in [6, 6.07) is 1.81. The minimum atomic E-state index is -4.65. The summed E-state index contributed by atoms with van der Waals surface area (Å²) in [5, 5.41) is 10.7. The standard InChI is InChI=1S/C9H8ClF3N2O2/c1-15(17)8(16)14-7-3-2-5(10)4-6(7)9(11,12)13/h2-4,17H,1H3,(H,14,16). The molecule has 0 aliphatic rings. The predicted octanol–water partition coefficient (Wildman–Crippen LogP) is 3.21. The third-order valence-electron chi connectivity index (χ3n) is 1.82. The van der Waals surface area contributed by atoms with E-state index >= 15 is 0 Å². The first-order valence-electron chi connectivity index (χ1n) is 4.32. The Morgan fingerprint density at radius 1 is 1.47 bits per heavy atom. The van der Waals surface area contributed by atoms with Crippen molar-refractivity contribution in [2.24, 2.45) is 0 Å². The van der Waals surface area contributed by atoms with Crippen LogP contribution in [-0.4, -0.2) is 23.3 Å². The fourth-order valence-corrected chi connectivity index (χ4v) is 1.23. The molecule has 1 aromatic rings. The summed E-state index contributed by atoms with van der Waals surface area (Å²) in [7, 11) is 0.985. The van der Waals surface area contributed by atoms with Crippen LogP contribution in [0.25, 0.3) is 0 Å². The summed E-state index contributed by atoms with van der Waals surface area (Å²) in [5.41, 5.74) is -1.56. The number of carbonyl (C=O) groups excluding carboxylic acids is 1. The molecule has 0 aliphatic heterocycles. The molecule has 0 fully saturated rings. The minimum absolute atomic E-state index is 0.104. The second-order valence-electron chi connectivity index (χ2n) is 3.14. The van der Waals surface area contributed by atoms with Gasteiger partial charge in [0.05, 0.1) is 11.3 Å². The molecule has 2 N–H and O–H groups in total. The third kappa shape index (κ3) is 3.50. The molecule has 0 heterocycles. The lowest BCUT2D eigenvalue weighted by atomic mass is 10.1. The summed E-state index contributed by atoms with van der Waals surface area (Å²) in [6.07, 6.45) is -4.65. The molecule has 0 aliphatic carbocycles. The number of benzene rings is 1. The maximum atomic E-state index is 12.6. The molecule has 0 saturated carbocycles. The maximum absolute atomic E-state index is 12.6. The highest BCUT2D eigenvalue weighted by Crippen LogP contribution is 2.36. The Kier molecular flexibility index (Phi) is 3.84. The lowest BCUT2D eigenvalue weighted by Crippen LogP contribution is -2.29. The number of alkyl halides is 3. The molecule has 8 heteroatoms.